The van der Waals surface area contributed by atoms with Gasteiger partial charge in [-0.25, -0.2) is 4.98 Å². The van der Waals surface area contributed by atoms with Crippen molar-refractivity contribution in [3.05, 3.63) is 53.6 Å². The molecule has 0 saturated carbocycles. The maximum Gasteiger partial charge on any atom is 0.132 e. The highest BCUT2D eigenvalue weighted by molar-refractivity contribution is 14.0. The van der Waals surface area contributed by atoms with Crippen LogP contribution in [0, 0.1) is 13.8 Å². The molecule has 92 valence electrons. The van der Waals surface area contributed by atoms with Crippen molar-refractivity contribution in [2.45, 2.75) is 20.3 Å². The molecule has 1 heterocycles. The van der Waals surface area contributed by atoms with Crippen LogP contribution in [0.25, 0.3) is 0 Å². The summed E-state index contributed by atoms with van der Waals surface area (Å²) in [6.07, 6.45) is 2.63. The molecule has 0 radical (unpaired) electrons. The van der Waals surface area contributed by atoms with Crippen LogP contribution < -0.4 is 4.84 Å². The molecule has 17 heavy (non-hydrogen) atoms. The molecule has 0 amide bonds. The zero-order valence-electron chi connectivity index (χ0n) is 10.1. The smallest absolute Gasteiger partial charge is 0.132 e. The van der Waals surface area contributed by atoms with Gasteiger partial charge in [0.1, 0.15) is 12.9 Å². The summed E-state index contributed by atoms with van der Waals surface area (Å²) in [5.74, 6) is 0. The van der Waals surface area contributed by atoms with Gasteiger partial charge >= 0.3 is 0 Å². The second kappa shape index (κ2) is 6.64. The fraction of sp³-hybridized carbons (Fsp3) is 0.308. The van der Waals surface area contributed by atoms with E-state index < -0.39 is 0 Å². The largest absolute Gasteiger partial charge is 0.412 e. The molecule has 0 unspecified atom stereocenters. The maximum atomic E-state index is 5.62. The van der Waals surface area contributed by atoms with Crippen LogP contribution in [-0.2, 0) is 6.42 Å². The lowest BCUT2D eigenvalue weighted by molar-refractivity contribution is 0.108. The van der Waals surface area contributed by atoms with Gasteiger partial charge in [-0.05, 0) is 19.4 Å². The molecule has 0 saturated heterocycles. The third-order valence-electron chi connectivity index (χ3n) is 2.67. The third-order valence-corrected chi connectivity index (χ3v) is 2.67. The summed E-state index contributed by atoms with van der Waals surface area (Å²) in [7, 11) is 0. The quantitative estimate of drug-likeness (QED) is 0.798. The van der Waals surface area contributed by atoms with Crippen molar-refractivity contribution in [3.8, 4) is 0 Å². The SMILES string of the molecule is Cc1ncn(OCCc2ccccc2)c1C.I. The van der Waals surface area contributed by atoms with Gasteiger partial charge in [-0.1, -0.05) is 30.3 Å². The number of rotatable bonds is 4. The Balaban J connectivity index is 0.00000144. The molecule has 1 aromatic carbocycles. The fourth-order valence-corrected chi connectivity index (χ4v) is 1.52. The van der Waals surface area contributed by atoms with Crippen molar-refractivity contribution < 1.29 is 4.84 Å². The van der Waals surface area contributed by atoms with Crippen LogP contribution in [0.1, 0.15) is 17.0 Å². The van der Waals surface area contributed by atoms with Gasteiger partial charge < -0.3 is 4.84 Å². The second-order valence-electron chi connectivity index (χ2n) is 3.81. The Hall–Kier alpha value is -1.04. The molecule has 0 spiro atoms. The van der Waals surface area contributed by atoms with E-state index >= 15 is 0 Å². The highest BCUT2D eigenvalue weighted by Gasteiger charge is 2.01. The number of hydrogen-bond acceptors (Lipinski definition) is 2. The molecular weight excluding hydrogens is 327 g/mol. The molecule has 0 atom stereocenters. The Kier molecular flexibility index (Phi) is 5.47. The lowest BCUT2D eigenvalue weighted by Crippen LogP contribution is -2.14. The number of halogens is 1. The number of imidazole rings is 1. The van der Waals surface area contributed by atoms with Crippen molar-refractivity contribution in [2.24, 2.45) is 0 Å². The number of aryl methyl sites for hydroxylation is 1. The highest BCUT2D eigenvalue weighted by Crippen LogP contribution is 2.03. The third kappa shape index (κ3) is 3.73. The normalized spacial score (nSPS) is 9.76. The van der Waals surface area contributed by atoms with Gasteiger partial charge in [0.25, 0.3) is 0 Å². The van der Waals surface area contributed by atoms with Crippen LogP contribution in [0.4, 0.5) is 0 Å². The monoisotopic (exact) mass is 344 g/mol. The van der Waals surface area contributed by atoms with Crippen LogP contribution >= 0.6 is 24.0 Å². The maximum absolute atomic E-state index is 5.62. The molecule has 2 aromatic rings. The van der Waals surface area contributed by atoms with E-state index in [9.17, 15) is 0 Å². The molecule has 0 bridgehead atoms. The minimum Gasteiger partial charge on any atom is -0.412 e. The summed E-state index contributed by atoms with van der Waals surface area (Å²) < 4.78 is 1.73. The van der Waals surface area contributed by atoms with Crippen molar-refractivity contribution >= 4 is 24.0 Å². The van der Waals surface area contributed by atoms with Gasteiger partial charge in [0, 0.05) is 6.42 Å². The fourth-order valence-electron chi connectivity index (χ4n) is 1.52. The van der Waals surface area contributed by atoms with Gasteiger partial charge in [-0.15, -0.1) is 24.0 Å². The number of nitrogens with zero attached hydrogens (tertiary/aromatic N) is 2. The van der Waals surface area contributed by atoms with Gasteiger partial charge in [0.2, 0.25) is 0 Å². The summed E-state index contributed by atoms with van der Waals surface area (Å²) in [5.41, 5.74) is 3.37. The predicted molar refractivity (Wildman–Crippen MR) is 78.7 cm³/mol. The summed E-state index contributed by atoms with van der Waals surface area (Å²) in [5, 5.41) is 0. The van der Waals surface area contributed by atoms with E-state index in [1.165, 1.54) is 5.56 Å². The first-order chi connectivity index (χ1) is 7.77. The first-order valence-electron chi connectivity index (χ1n) is 5.45. The summed E-state index contributed by atoms with van der Waals surface area (Å²) in [6, 6.07) is 10.3. The first-order valence-corrected chi connectivity index (χ1v) is 5.45. The first kappa shape index (κ1) is 14.0. The molecule has 3 nitrogen and oxygen atoms in total. The standard InChI is InChI=1S/C13H16N2O.HI/c1-11-12(2)15(10-14-11)16-9-8-13-6-4-3-5-7-13;/h3-7,10H,8-9H2,1-2H3;1H. The van der Waals surface area contributed by atoms with Crippen molar-refractivity contribution in [3.63, 3.8) is 0 Å². The average Bonchev–Trinajstić information content (AvgIpc) is 2.62. The van der Waals surface area contributed by atoms with E-state index in [0.29, 0.717) is 6.61 Å². The van der Waals surface area contributed by atoms with Crippen LogP contribution in [0.15, 0.2) is 36.7 Å². The molecule has 1 aromatic heterocycles. The Morgan fingerprint density at radius 2 is 1.88 bits per heavy atom. The average molecular weight is 344 g/mol. The Bertz CT molecular complexity index is 454. The van der Waals surface area contributed by atoms with Gasteiger partial charge in [0.15, 0.2) is 0 Å². The summed E-state index contributed by atoms with van der Waals surface area (Å²) in [6.45, 7) is 4.65. The van der Waals surface area contributed by atoms with E-state index in [1.54, 1.807) is 11.1 Å². The number of benzene rings is 1. The molecular formula is C13H17IN2O. The van der Waals surface area contributed by atoms with Crippen LogP contribution in [0.3, 0.4) is 0 Å². The van der Waals surface area contributed by atoms with E-state index in [0.717, 1.165) is 17.8 Å². The molecule has 0 aliphatic carbocycles. The molecule has 0 aliphatic heterocycles. The number of hydrogen-bond donors (Lipinski definition) is 0. The Morgan fingerprint density at radius 1 is 1.18 bits per heavy atom. The van der Waals surface area contributed by atoms with Gasteiger partial charge in [-0.3, -0.25) is 0 Å². The molecule has 0 aliphatic rings. The van der Waals surface area contributed by atoms with E-state index in [-0.39, 0.29) is 24.0 Å². The van der Waals surface area contributed by atoms with Crippen LogP contribution in [0.5, 0.6) is 0 Å². The zero-order valence-corrected chi connectivity index (χ0v) is 12.4. The van der Waals surface area contributed by atoms with Crippen molar-refractivity contribution in [1.82, 2.24) is 9.71 Å². The minimum absolute atomic E-state index is 0. The lowest BCUT2D eigenvalue weighted by Gasteiger charge is -2.07. The summed E-state index contributed by atoms with van der Waals surface area (Å²) >= 11 is 0. The summed E-state index contributed by atoms with van der Waals surface area (Å²) in [4.78, 5) is 9.80. The number of aromatic nitrogens is 2. The molecule has 0 N–H and O–H groups in total. The highest BCUT2D eigenvalue weighted by atomic mass is 127. The molecule has 4 heteroatoms. The van der Waals surface area contributed by atoms with E-state index in [4.69, 9.17) is 4.84 Å². The van der Waals surface area contributed by atoms with Gasteiger partial charge in [-0.2, -0.15) is 4.73 Å². The predicted octanol–water partition coefficient (Wildman–Crippen LogP) is 2.79. The Morgan fingerprint density at radius 3 is 2.47 bits per heavy atom. The topological polar surface area (TPSA) is 27.1 Å². The van der Waals surface area contributed by atoms with Crippen molar-refractivity contribution in [2.75, 3.05) is 6.61 Å². The molecule has 2 rings (SSSR count). The van der Waals surface area contributed by atoms with Crippen LogP contribution in [0.2, 0.25) is 0 Å². The zero-order chi connectivity index (χ0) is 11.4. The van der Waals surface area contributed by atoms with E-state index in [1.807, 2.05) is 32.0 Å². The van der Waals surface area contributed by atoms with Gasteiger partial charge in [0.05, 0.1) is 11.4 Å². The minimum atomic E-state index is 0. The van der Waals surface area contributed by atoms with Crippen molar-refractivity contribution in [1.29, 1.82) is 0 Å². The lowest BCUT2D eigenvalue weighted by atomic mass is 10.2. The molecule has 0 fully saturated rings. The van der Waals surface area contributed by atoms with E-state index in [2.05, 4.69) is 17.1 Å². The van der Waals surface area contributed by atoms with Crippen LogP contribution in [-0.4, -0.2) is 16.3 Å². The Labute approximate surface area is 119 Å². The second-order valence-corrected chi connectivity index (χ2v) is 3.81.